The van der Waals surface area contributed by atoms with Crippen molar-refractivity contribution in [2.45, 2.75) is 12.7 Å². The van der Waals surface area contributed by atoms with Gasteiger partial charge >= 0.3 is 6.18 Å². The van der Waals surface area contributed by atoms with Gasteiger partial charge in [-0.15, -0.1) is 11.3 Å². The molecule has 2 rings (SSSR count). The van der Waals surface area contributed by atoms with E-state index in [0.717, 1.165) is 12.1 Å². The number of halogens is 4. The minimum Gasteiger partial charge on any atom is -0.346 e. The van der Waals surface area contributed by atoms with Crippen LogP contribution in [0.2, 0.25) is 0 Å². The van der Waals surface area contributed by atoms with Crippen molar-refractivity contribution < 1.29 is 18.0 Å². The van der Waals surface area contributed by atoms with Crippen LogP contribution >= 0.6 is 27.3 Å². The maximum Gasteiger partial charge on any atom is 0.417 e. The molecule has 2 aromatic rings. The molecule has 0 radical (unpaired) electrons. The molecule has 3 nitrogen and oxygen atoms in total. The van der Waals surface area contributed by atoms with Crippen molar-refractivity contribution in [3.05, 3.63) is 50.4 Å². The molecule has 0 spiro atoms. The number of hydrogen-bond donors (Lipinski definition) is 1. The first-order valence-electron chi connectivity index (χ1n) is 5.40. The number of rotatable bonds is 3. The average Bonchev–Trinajstić information content (AvgIpc) is 2.88. The summed E-state index contributed by atoms with van der Waals surface area (Å²) in [5.41, 5.74) is 0.815. The van der Waals surface area contributed by atoms with Gasteiger partial charge < -0.3 is 5.32 Å². The number of hydrogen-bond acceptors (Lipinski definition) is 3. The van der Waals surface area contributed by atoms with Gasteiger partial charge in [0.15, 0.2) is 0 Å². The molecule has 0 saturated carbocycles. The molecule has 0 unspecified atom stereocenters. The number of nitrogens with one attached hydrogen (secondary N) is 1. The molecule has 0 bridgehead atoms. The standard InChI is InChI=1S/C12H8BrF3N2OS/c13-7-1-2-9(10(3-7)12(14,15)16)11(19)17-4-8-5-20-6-18-8/h1-3,5-6H,4H2,(H,17,19). The highest BCUT2D eigenvalue weighted by Crippen LogP contribution is 2.33. The van der Waals surface area contributed by atoms with Gasteiger partial charge in [-0.1, -0.05) is 15.9 Å². The fourth-order valence-corrected chi connectivity index (χ4v) is 2.46. The Kier molecular flexibility index (Phi) is 4.44. The van der Waals surface area contributed by atoms with E-state index in [2.05, 4.69) is 26.2 Å². The Labute approximate surface area is 125 Å². The molecular weight excluding hydrogens is 357 g/mol. The molecule has 1 aromatic carbocycles. The molecule has 0 aliphatic rings. The zero-order valence-electron chi connectivity index (χ0n) is 9.87. The molecule has 1 heterocycles. The zero-order valence-corrected chi connectivity index (χ0v) is 12.3. The van der Waals surface area contributed by atoms with E-state index in [1.54, 1.807) is 10.9 Å². The van der Waals surface area contributed by atoms with Crippen molar-refractivity contribution in [3.8, 4) is 0 Å². The van der Waals surface area contributed by atoms with Crippen LogP contribution in [0, 0.1) is 0 Å². The fraction of sp³-hybridized carbons (Fsp3) is 0.167. The molecule has 0 fully saturated rings. The van der Waals surface area contributed by atoms with Crippen molar-refractivity contribution in [2.75, 3.05) is 0 Å². The van der Waals surface area contributed by atoms with Crippen LogP contribution in [0.1, 0.15) is 21.6 Å². The number of benzene rings is 1. The highest BCUT2D eigenvalue weighted by Gasteiger charge is 2.35. The Bertz CT molecular complexity index is 614. The summed E-state index contributed by atoms with van der Waals surface area (Å²) in [6.07, 6.45) is -4.59. The third-order valence-corrected chi connectivity index (χ3v) is 3.57. The van der Waals surface area contributed by atoms with Crippen LogP contribution in [-0.4, -0.2) is 10.9 Å². The zero-order chi connectivity index (χ0) is 14.8. The van der Waals surface area contributed by atoms with E-state index in [1.165, 1.54) is 17.4 Å². The summed E-state index contributed by atoms with van der Waals surface area (Å²) in [4.78, 5) is 15.8. The first-order chi connectivity index (χ1) is 9.38. The predicted octanol–water partition coefficient (Wildman–Crippen LogP) is 3.85. The summed E-state index contributed by atoms with van der Waals surface area (Å²) < 4.78 is 38.9. The molecule has 8 heteroatoms. The lowest BCUT2D eigenvalue weighted by Gasteiger charge is -2.13. The second-order valence-corrected chi connectivity index (χ2v) is 5.48. The molecule has 1 N–H and O–H groups in total. The number of carbonyl (C=O) groups excluding carboxylic acids is 1. The van der Waals surface area contributed by atoms with Gasteiger partial charge in [0, 0.05) is 9.85 Å². The SMILES string of the molecule is O=C(NCc1cscn1)c1ccc(Br)cc1C(F)(F)F. The van der Waals surface area contributed by atoms with Crippen LogP contribution in [0.5, 0.6) is 0 Å². The van der Waals surface area contributed by atoms with E-state index in [0.29, 0.717) is 5.69 Å². The Balaban J connectivity index is 2.21. The summed E-state index contributed by atoms with van der Waals surface area (Å²) >= 11 is 4.32. The minimum absolute atomic E-state index is 0.0930. The van der Waals surface area contributed by atoms with Crippen molar-refractivity contribution in [1.29, 1.82) is 0 Å². The molecule has 20 heavy (non-hydrogen) atoms. The number of carbonyl (C=O) groups is 1. The highest BCUT2D eigenvalue weighted by molar-refractivity contribution is 9.10. The van der Waals surface area contributed by atoms with Gasteiger partial charge in [-0.05, 0) is 18.2 Å². The largest absolute Gasteiger partial charge is 0.417 e. The number of amides is 1. The van der Waals surface area contributed by atoms with Crippen molar-refractivity contribution >= 4 is 33.2 Å². The fourth-order valence-electron chi connectivity index (χ4n) is 1.54. The predicted molar refractivity (Wildman–Crippen MR) is 72.4 cm³/mol. The lowest BCUT2D eigenvalue weighted by Crippen LogP contribution is -2.26. The smallest absolute Gasteiger partial charge is 0.346 e. The number of aromatic nitrogens is 1. The topological polar surface area (TPSA) is 42.0 Å². The van der Waals surface area contributed by atoms with Gasteiger partial charge in [-0.2, -0.15) is 13.2 Å². The maximum atomic E-state index is 12.9. The van der Waals surface area contributed by atoms with Gasteiger partial charge in [0.2, 0.25) is 0 Å². The van der Waals surface area contributed by atoms with E-state index in [1.807, 2.05) is 0 Å². The molecular formula is C12H8BrF3N2OS. The Morgan fingerprint density at radius 2 is 2.15 bits per heavy atom. The average molecular weight is 365 g/mol. The van der Waals surface area contributed by atoms with Crippen LogP contribution in [-0.2, 0) is 12.7 Å². The molecule has 1 aromatic heterocycles. The summed E-state index contributed by atoms with van der Waals surface area (Å²) in [5.74, 6) is -0.780. The third kappa shape index (κ3) is 3.57. The van der Waals surface area contributed by atoms with E-state index in [-0.39, 0.29) is 11.0 Å². The second kappa shape index (κ2) is 5.92. The van der Waals surface area contributed by atoms with E-state index in [9.17, 15) is 18.0 Å². The summed E-state index contributed by atoms with van der Waals surface area (Å²) in [6.45, 7) is 0.0930. The van der Waals surface area contributed by atoms with Gasteiger partial charge in [0.25, 0.3) is 5.91 Å². The lowest BCUT2D eigenvalue weighted by molar-refractivity contribution is -0.138. The maximum absolute atomic E-state index is 12.9. The van der Waals surface area contributed by atoms with Crippen molar-refractivity contribution in [1.82, 2.24) is 10.3 Å². The van der Waals surface area contributed by atoms with Gasteiger partial charge in [-0.3, -0.25) is 4.79 Å². The molecule has 1 amide bonds. The first kappa shape index (κ1) is 15.0. The summed E-state index contributed by atoms with van der Waals surface area (Å²) in [6, 6.07) is 3.42. The van der Waals surface area contributed by atoms with Crippen LogP contribution in [0.15, 0.2) is 33.6 Å². The molecule has 0 saturated heterocycles. The number of alkyl halides is 3. The van der Waals surface area contributed by atoms with Crippen LogP contribution in [0.3, 0.4) is 0 Å². The molecule has 0 aliphatic heterocycles. The molecule has 0 aliphatic carbocycles. The number of thiazole rings is 1. The first-order valence-corrected chi connectivity index (χ1v) is 7.13. The normalized spacial score (nSPS) is 11.4. The van der Waals surface area contributed by atoms with Crippen molar-refractivity contribution in [2.24, 2.45) is 0 Å². The Morgan fingerprint density at radius 1 is 1.40 bits per heavy atom. The Morgan fingerprint density at radius 3 is 2.75 bits per heavy atom. The lowest BCUT2D eigenvalue weighted by atomic mass is 10.1. The van der Waals surface area contributed by atoms with E-state index < -0.39 is 23.2 Å². The van der Waals surface area contributed by atoms with E-state index >= 15 is 0 Å². The number of nitrogens with zero attached hydrogens (tertiary/aromatic N) is 1. The Hall–Kier alpha value is -1.41. The minimum atomic E-state index is -4.59. The van der Waals surface area contributed by atoms with Gasteiger partial charge in [-0.25, -0.2) is 4.98 Å². The quantitative estimate of drug-likeness (QED) is 0.898. The summed E-state index contributed by atoms with van der Waals surface area (Å²) in [5, 5.41) is 4.14. The van der Waals surface area contributed by atoms with Crippen LogP contribution < -0.4 is 5.32 Å². The second-order valence-electron chi connectivity index (χ2n) is 3.85. The third-order valence-electron chi connectivity index (χ3n) is 2.45. The van der Waals surface area contributed by atoms with Gasteiger partial charge in [0.05, 0.1) is 28.9 Å². The van der Waals surface area contributed by atoms with Gasteiger partial charge in [0.1, 0.15) is 0 Å². The van der Waals surface area contributed by atoms with E-state index in [4.69, 9.17) is 0 Å². The monoisotopic (exact) mass is 364 g/mol. The molecule has 106 valence electrons. The summed E-state index contributed by atoms with van der Waals surface area (Å²) in [7, 11) is 0. The van der Waals surface area contributed by atoms with Crippen LogP contribution in [0.25, 0.3) is 0 Å². The van der Waals surface area contributed by atoms with Crippen LogP contribution in [0.4, 0.5) is 13.2 Å². The van der Waals surface area contributed by atoms with Crippen molar-refractivity contribution in [3.63, 3.8) is 0 Å². The molecule has 0 atom stereocenters. The highest BCUT2D eigenvalue weighted by atomic mass is 79.9.